The molecule has 0 radical (unpaired) electrons. The second-order valence-corrected chi connectivity index (χ2v) is 7.24. The highest BCUT2D eigenvalue weighted by molar-refractivity contribution is 5.67. The van der Waals surface area contributed by atoms with Gasteiger partial charge in [-0.05, 0) is 45.4 Å². The number of aliphatic hydroxyl groups is 1. The molecular formula is C16H34N2O3. The minimum absolute atomic E-state index is 0.177. The van der Waals surface area contributed by atoms with Crippen LogP contribution in [0.4, 0.5) is 4.79 Å². The average molecular weight is 302 g/mol. The lowest BCUT2D eigenvalue weighted by molar-refractivity contribution is 0.0514. The molecule has 3 atom stereocenters. The Labute approximate surface area is 129 Å². The third-order valence-corrected chi connectivity index (χ3v) is 3.69. The van der Waals surface area contributed by atoms with Crippen molar-refractivity contribution >= 4 is 6.09 Å². The maximum absolute atomic E-state index is 11.7. The van der Waals surface area contributed by atoms with Gasteiger partial charge in [0, 0.05) is 25.7 Å². The summed E-state index contributed by atoms with van der Waals surface area (Å²) >= 11 is 0. The van der Waals surface area contributed by atoms with Crippen molar-refractivity contribution in [3.63, 3.8) is 0 Å². The first-order valence-electron chi connectivity index (χ1n) is 7.88. The summed E-state index contributed by atoms with van der Waals surface area (Å²) in [6, 6.07) is 0.248. The number of aliphatic hydroxyl groups excluding tert-OH is 1. The van der Waals surface area contributed by atoms with Crippen molar-refractivity contribution in [1.29, 1.82) is 0 Å². The fraction of sp³-hybridized carbons (Fsp3) is 0.938. The largest absolute Gasteiger partial charge is 0.444 e. The number of carbonyl (C=O) groups excluding carboxylic acids is 1. The minimum Gasteiger partial charge on any atom is -0.444 e. The Kier molecular flexibility index (Phi) is 8.90. The molecule has 0 rings (SSSR count). The molecule has 126 valence electrons. The number of rotatable bonds is 8. The normalized spacial score (nSPS) is 16.4. The van der Waals surface area contributed by atoms with E-state index in [2.05, 4.69) is 31.4 Å². The van der Waals surface area contributed by atoms with Crippen LogP contribution in [0.1, 0.15) is 48.5 Å². The summed E-state index contributed by atoms with van der Waals surface area (Å²) < 4.78 is 5.25. The number of carbonyl (C=O) groups is 1. The molecule has 5 nitrogen and oxygen atoms in total. The summed E-state index contributed by atoms with van der Waals surface area (Å²) in [5.74, 6) is 0.992. The quantitative estimate of drug-likeness (QED) is 0.644. The van der Waals surface area contributed by atoms with Crippen LogP contribution in [-0.2, 0) is 4.74 Å². The van der Waals surface area contributed by atoms with Crippen LogP contribution in [0.3, 0.4) is 0 Å². The summed E-state index contributed by atoms with van der Waals surface area (Å²) in [6.07, 6.45) is -0.370. The van der Waals surface area contributed by atoms with Crippen molar-refractivity contribution in [3.8, 4) is 0 Å². The Morgan fingerprint density at radius 1 is 1.14 bits per heavy atom. The van der Waals surface area contributed by atoms with Gasteiger partial charge in [-0.1, -0.05) is 20.8 Å². The van der Waals surface area contributed by atoms with Crippen molar-refractivity contribution in [2.75, 3.05) is 19.7 Å². The van der Waals surface area contributed by atoms with E-state index < -0.39 is 5.60 Å². The summed E-state index contributed by atoms with van der Waals surface area (Å²) in [5.41, 5.74) is -0.471. The Morgan fingerprint density at radius 3 is 2.14 bits per heavy atom. The molecule has 3 unspecified atom stereocenters. The molecule has 0 saturated heterocycles. The predicted octanol–water partition coefficient (Wildman–Crippen LogP) is 2.39. The second kappa shape index (κ2) is 9.26. The molecule has 0 saturated carbocycles. The summed E-state index contributed by atoms with van der Waals surface area (Å²) in [7, 11) is 0. The van der Waals surface area contributed by atoms with E-state index in [1.165, 1.54) is 0 Å². The van der Waals surface area contributed by atoms with Crippen LogP contribution in [0.2, 0.25) is 0 Å². The highest BCUT2D eigenvalue weighted by atomic mass is 16.6. The molecule has 0 aromatic heterocycles. The van der Waals surface area contributed by atoms with E-state index in [1.54, 1.807) is 0 Å². The molecule has 0 fully saturated rings. The van der Waals surface area contributed by atoms with Gasteiger partial charge in [-0.25, -0.2) is 4.79 Å². The number of nitrogens with one attached hydrogen (secondary N) is 2. The van der Waals surface area contributed by atoms with E-state index in [0.717, 1.165) is 6.54 Å². The van der Waals surface area contributed by atoms with E-state index in [0.29, 0.717) is 18.4 Å². The molecule has 0 spiro atoms. The lowest BCUT2D eigenvalue weighted by Crippen LogP contribution is -2.43. The highest BCUT2D eigenvalue weighted by Crippen LogP contribution is 2.11. The Balaban J connectivity index is 4.23. The SMILES string of the molecule is CC(C)C(CNC(=O)OC(C)(C)C)CNC(C)C(C)CO. The van der Waals surface area contributed by atoms with Gasteiger partial charge in [0.1, 0.15) is 5.60 Å². The van der Waals surface area contributed by atoms with Crippen molar-refractivity contribution in [3.05, 3.63) is 0 Å². The molecule has 1 amide bonds. The van der Waals surface area contributed by atoms with Gasteiger partial charge in [0.05, 0.1) is 0 Å². The molecule has 0 aliphatic rings. The van der Waals surface area contributed by atoms with Crippen LogP contribution in [0.5, 0.6) is 0 Å². The smallest absolute Gasteiger partial charge is 0.407 e. The van der Waals surface area contributed by atoms with Crippen LogP contribution >= 0.6 is 0 Å². The van der Waals surface area contributed by atoms with Gasteiger partial charge in [0.2, 0.25) is 0 Å². The highest BCUT2D eigenvalue weighted by Gasteiger charge is 2.20. The topological polar surface area (TPSA) is 70.6 Å². The monoisotopic (exact) mass is 302 g/mol. The molecule has 21 heavy (non-hydrogen) atoms. The van der Waals surface area contributed by atoms with Crippen LogP contribution in [-0.4, -0.2) is 42.5 Å². The molecule has 0 aromatic rings. The fourth-order valence-electron chi connectivity index (χ4n) is 1.77. The molecule has 0 aromatic carbocycles. The van der Waals surface area contributed by atoms with Gasteiger partial charge >= 0.3 is 6.09 Å². The number of amides is 1. The molecule has 3 N–H and O–H groups in total. The van der Waals surface area contributed by atoms with Gasteiger partial charge in [-0.2, -0.15) is 0 Å². The van der Waals surface area contributed by atoms with Crippen molar-refractivity contribution in [2.24, 2.45) is 17.8 Å². The minimum atomic E-state index is -0.471. The maximum atomic E-state index is 11.7. The van der Waals surface area contributed by atoms with E-state index >= 15 is 0 Å². The van der Waals surface area contributed by atoms with Gasteiger partial charge in [-0.3, -0.25) is 0 Å². The molecule has 0 aliphatic carbocycles. The van der Waals surface area contributed by atoms with Crippen molar-refractivity contribution in [1.82, 2.24) is 10.6 Å². The van der Waals surface area contributed by atoms with E-state index in [9.17, 15) is 4.79 Å². The standard InChI is InChI=1S/C16H34N2O3/c1-11(2)14(8-17-13(4)12(3)10-19)9-18-15(20)21-16(5,6)7/h11-14,17,19H,8-10H2,1-7H3,(H,18,20). The fourth-order valence-corrected chi connectivity index (χ4v) is 1.77. The Hall–Kier alpha value is -0.810. The number of ether oxygens (including phenoxy) is 1. The van der Waals surface area contributed by atoms with Crippen LogP contribution < -0.4 is 10.6 Å². The van der Waals surface area contributed by atoms with E-state index in [1.807, 2.05) is 27.7 Å². The zero-order valence-electron chi connectivity index (χ0n) is 14.7. The second-order valence-electron chi connectivity index (χ2n) is 7.24. The van der Waals surface area contributed by atoms with Crippen molar-refractivity contribution in [2.45, 2.75) is 60.1 Å². The summed E-state index contributed by atoms with van der Waals surface area (Å²) in [5, 5.41) is 15.4. The third-order valence-electron chi connectivity index (χ3n) is 3.69. The third kappa shape index (κ3) is 9.69. The van der Waals surface area contributed by atoms with Gasteiger partial charge < -0.3 is 20.5 Å². The van der Waals surface area contributed by atoms with E-state index in [-0.39, 0.29) is 24.7 Å². The van der Waals surface area contributed by atoms with Crippen molar-refractivity contribution < 1.29 is 14.6 Å². The van der Waals surface area contributed by atoms with Gasteiger partial charge in [0.15, 0.2) is 0 Å². The first-order chi connectivity index (χ1) is 9.56. The first-order valence-corrected chi connectivity index (χ1v) is 7.88. The lowest BCUT2D eigenvalue weighted by Gasteiger charge is -2.27. The lowest BCUT2D eigenvalue weighted by atomic mass is 9.94. The number of hydrogen-bond acceptors (Lipinski definition) is 4. The summed E-state index contributed by atoms with van der Waals surface area (Å²) in [6.45, 7) is 15.5. The van der Waals surface area contributed by atoms with Crippen LogP contribution in [0, 0.1) is 17.8 Å². The van der Waals surface area contributed by atoms with E-state index in [4.69, 9.17) is 9.84 Å². The summed E-state index contributed by atoms with van der Waals surface area (Å²) in [4.78, 5) is 11.7. The van der Waals surface area contributed by atoms with Gasteiger partial charge in [0.25, 0.3) is 0 Å². The van der Waals surface area contributed by atoms with Crippen LogP contribution in [0.15, 0.2) is 0 Å². The maximum Gasteiger partial charge on any atom is 0.407 e. The predicted molar refractivity (Wildman–Crippen MR) is 86.3 cm³/mol. The average Bonchev–Trinajstić information content (AvgIpc) is 2.34. The molecule has 0 bridgehead atoms. The number of alkyl carbamates (subject to hydrolysis) is 1. The zero-order valence-corrected chi connectivity index (χ0v) is 14.7. The Bertz CT molecular complexity index is 300. The van der Waals surface area contributed by atoms with Crippen LogP contribution in [0.25, 0.3) is 0 Å². The van der Waals surface area contributed by atoms with Gasteiger partial charge in [-0.15, -0.1) is 0 Å². The molecule has 0 heterocycles. The zero-order chi connectivity index (χ0) is 16.6. The molecular weight excluding hydrogens is 268 g/mol. The first kappa shape index (κ1) is 20.2. The Morgan fingerprint density at radius 2 is 1.71 bits per heavy atom. The molecule has 5 heteroatoms. The molecule has 0 aliphatic heterocycles. The number of hydrogen-bond donors (Lipinski definition) is 3.